The van der Waals surface area contributed by atoms with Gasteiger partial charge in [-0.1, -0.05) is 11.6 Å². The average molecular weight is 304 g/mol. The molecule has 1 aromatic heterocycles. The molecule has 20 heavy (non-hydrogen) atoms. The van der Waals surface area contributed by atoms with E-state index in [1.165, 1.54) is 32.4 Å². The van der Waals surface area contributed by atoms with Gasteiger partial charge in [-0.2, -0.15) is 4.98 Å². The molecular weight excluding hydrogens is 290 g/mol. The number of ether oxygens (including phenoxy) is 3. The topological polar surface area (TPSA) is 90.9 Å². The third-order valence-electron chi connectivity index (χ3n) is 2.28. The van der Waals surface area contributed by atoms with Crippen LogP contribution in [0.25, 0.3) is 0 Å². The van der Waals surface area contributed by atoms with Gasteiger partial charge in [0.15, 0.2) is 5.82 Å². The Morgan fingerprint density at radius 1 is 1.20 bits per heavy atom. The monoisotopic (exact) mass is 303 g/mol. The number of hydrogen-bond donors (Lipinski definition) is 0. The van der Waals surface area contributed by atoms with E-state index >= 15 is 0 Å². The van der Waals surface area contributed by atoms with Crippen LogP contribution in [0.3, 0.4) is 0 Å². The molecule has 110 valence electrons. The molecule has 0 bridgehead atoms. The molecule has 1 aromatic rings. The highest BCUT2D eigenvalue weighted by Gasteiger charge is 2.20. The summed E-state index contributed by atoms with van der Waals surface area (Å²) in [6, 6.07) is 0.0594. The molecule has 0 amide bonds. The number of hydrogen-bond acceptors (Lipinski definition) is 8. The smallest absolute Gasteiger partial charge is 0.325 e. The second-order valence-electron chi connectivity index (χ2n) is 3.54. The number of esters is 2. The molecule has 0 saturated heterocycles. The van der Waals surface area contributed by atoms with Gasteiger partial charge in [0.25, 0.3) is 0 Å². The molecule has 0 atom stereocenters. The van der Waals surface area contributed by atoms with Crippen molar-refractivity contribution < 1.29 is 23.8 Å². The molecule has 0 radical (unpaired) electrons. The van der Waals surface area contributed by atoms with Crippen molar-refractivity contribution in [1.29, 1.82) is 0 Å². The van der Waals surface area contributed by atoms with E-state index in [0.717, 1.165) is 0 Å². The molecule has 0 aliphatic rings. The van der Waals surface area contributed by atoms with E-state index in [1.54, 1.807) is 0 Å². The summed E-state index contributed by atoms with van der Waals surface area (Å²) in [6.07, 6.45) is 1.31. The van der Waals surface area contributed by atoms with E-state index in [2.05, 4.69) is 19.4 Å². The lowest BCUT2D eigenvalue weighted by molar-refractivity contribution is -0.140. The molecule has 0 fully saturated rings. The zero-order valence-corrected chi connectivity index (χ0v) is 12.0. The van der Waals surface area contributed by atoms with Crippen LogP contribution in [0.4, 0.5) is 5.82 Å². The highest BCUT2D eigenvalue weighted by molar-refractivity contribution is 6.32. The molecule has 1 heterocycles. The van der Waals surface area contributed by atoms with Gasteiger partial charge in [0.1, 0.15) is 18.1 Å². The molecule has 0 saturated carbocycles. The number of carbonyl (C=O) groups is 2. The first kappa shape index (κ1) is 16.0. The first-order valence-corrected chi connectivity index (χ1v) is 5.84. The van der Waals surface area contributed by atoms with Gasteiger partial charge in [-0.15, -0.1) is 0 Å². The molecule has 1 rings (SSSR count). The van der Waals surface area contributed by atoms with Crippen LogP contribution >= 0.6 is 11.6 Å². The Hall–Kier alpha value is -2.09. The minimum absolute atomic E-state index is 0.0594. The normalized spacial score (nSPS) is 9.80. The summed E-state index contributed by atoms with van der Waals surface area (Å²) in [4.78, 5) is 31.9. The van der Waals surface area contributed by atoms with Crippen LogP contribution < -0.4 is 9.64 Å². The first-order valence-electron chi connectivity index (χ1n) is 5.47. The summed E-state index contributed by atoms with van der Waals surface area (Å²) in [5.74, 6) is -0.931. The van der Waals surface area contributed by atoms with Crippen LogP contribution in [-0.4, -0.2) is 56.3 Å². The Morgan fingerprint density at radius 2 is 1.75 bits per heavy atom. The summed E-state index contributed by atoms with van der Waals surface area (Å²) >= 11 is 5.97. The van der Waals surface area contributed by atoms with E-state index in [9.17, 15) is 9.59 Å². The van der Waals surface area contributed by atoms with Gasteiger partial charge in [-0.25, -0.2) is 4.98 Å². The van der Waals surface area contributed by atoms with Crippen LogP contribution in [0, 0.1) is 0 Å². The summed E-state index contributed by atoms with van der Waals surface area (Å²) in [5, 5.41) is 0.165. The van der Waals surface area contributed by atoms with Crippen molar-refractivity contribution in [3.63, 3.8) is 0 Å². The maximum absolute atomic E-state index is 11.4. The van der Waals surface area contributed by atoms with E-state index in [4.69, 9.17) is 16.3 Å². The van der Waals surface area contributed by atoms with Gasteiger partial charge >= 0.3 is 17.9 Å². The molecule has 0 N–H and O–H groups in total. The zero-order valence-electron chi connectivity index (χ0n) is 11.3. The summed E-state index contributed by atoms with van der Waals surface area (Å²) in [6.45, 7) is -0.434. The second-order valence-corrected chi connectivity index (χ2v) is 3.94. The Labute approximate surface area is 120 Å². The second kappa shape index (κ2) is 7.49. The van der Waals surface area contributed by atoms with E-state index in [-0.39, 0.29) is 29.9 Å². The van der Waals surface area contributed by atoms with Crippen molar-refractivity contribution in [3.05, 3.63) is 11.2 Å². The Morgan fingerprint density at radius 3 is 2.20 bits per heavy atom. The molecule has 0 aliphatic carbocycles. The molecule has 0 unspecified atom stereocenters. The predicted octanol–water partition coefficient (Wildman–Crippen LogP) is 0.291. The van der Waals surface area contributed by atoms with Crippen molar-refractivity contribution >= 4 is 29.4 Å². The fourth-order valence-corrected chi connectivity index (χ4v) is 1.52. The maximum Gasteiger partial charge on any atom is 0.325 e. The van der Waals surface area contributed by atoms with Gasteiger partial charge < -0.3 is 19.1 Å². The van der Waals surface area contributed by atoms with Crippen LogP contribution in [0.2, 0.25) is 5.02 Å². The van der Waals surface area contributed by atoms with Crippen molar-refractivity contribution in [2.24, 2.45) is 0 Å². The van der Waals surface area contributed by atoms with Gasteiger partial charge in [0.05, 0.1) is 27.5 Å². The summed E-state index contributed by atoms with van der Waals surface area (Å²) in [5.41, 5.74) is 0. The number of carbonyl (C=O) groups excluding carboxylic acids is 2. The molecule has 9 heteroatoms. The molecule has 0 aliphatic heterocycles. The number of methoxy groups -OCH3 is 3. The van der Waals surface area contributed by atoms with Crippen molar-refractivity contribution in [1.82, 2.24) is 9.97 Å². The van der Waals surface area contributed by atoms with Gasteiger partial charge in [-0.05, 0) is 0 Å². The highest BCUT2D eigenvalue weighted by Crippen LogP contribution is 2.24. The minimum atomic E-state index is -0.553. The number of aromatic nitrogens is 2. The van der Waals surface area contributed by atoms with E-state index < -0.39 is 11.9 Å². The van der Waals surface area contributed by atoms with E-state index in [1.807, 2.05) is 0 Å². The van der Waals surface area contributed by atoms with E-state index in [0.29, 0.717) is 0 Å². The maximum atomic E-state index is 11.4. The summed E-state index contributed by atoms with van der Waals surface area (Å²) in [7, 11) is 3.86. The Kier molecular flexibility index (Phi) is 5.98. The molecule has 0 aromatic carbocycles. The Balaban J connectivity index is 3.07. The third kappa shape index (κ3) is 4.23. The SMILES string of the molecule is COC(=O)CN(CC(=O)OC)c1nc(OC)ncc1Cl. The third-order valence-corrected chi connectivity index (χ3v) is 2.55. The highest BCUT2D eigenvalue weighted by atomic mass is 35.5. The molecule has 8 nitrogen and oxygen atoms in total. The van der Waals surface area contributed by atoms with Crippen molar-refractivity contribution in [2.45, 2.75) is 0 Å². The molecule has 0 spiro atoms. The lowest BCUT2D eigenvalue weighted by atomic mass is 10.4. The lowest BCUT2D eigenvalue weighted by Gasteiger charge is -2.21. The van der Waals surface area contributed by atoms with Crippen molar-refractivity contribution in [2.75, 3.05) is 39.3 Å². The standard InChI is InChI=1S/C11H14ClN3O5/c1-18-8(16)5-15(6-9(17)19-2)10-7(12)4-13-11(14-10)20-3/h4H,5-6H2,1-3H3. The Bertz CT molecular complexity index is 479. The zero-order chi connectivity index (χ0) is 15.1. The average Bonchev–Trinajstić information content (AvgIpc) is 2.46. The van der Waals surface area contributed by atoms with Crippen LogP contribution in [-0.2, 0) is 19.1 Å². The lowest BCUT2D eigenvalue weighted by Crippen LogP contribution is -2.36. The van der Waals surface area contributed by atoms with Crippen LogP contribution in [0.5, 0.6) is 6.01 Å². The number of nitrogens with zero attached hydrogens (tertiary/aromatic N) is 3. The first-order chi connectivity index (χ1) is 9.51. The number of anilines is 1. The van der Waals surface area contributed by atoms with Gasteiger partial charge in [0, 0.05) is 0 Å². The predicted molar refractivity (Wildman–Crippen MR) is 69.8 cm³/mol. The largest absolute Gasteiger partial charge is 0.468 e. The van der Waals surface area contributed by atoms with Gasteiger partial charge in [-0.3, -0.25) is 9.59 Å². The van der Waals surface area contributed by atoms with Crippen LogP contribution in [0.1, 0.15) is 0 Å². The number of rotatable bonds is 6. The minimum Gasteiger partial charge on any atom is -0.468 e. The van der Waals surface area contributed by atoms with Gasteiger partial charge in [0.2, 0.25) is 0 Å². The fourth-order valence-electron chi connectivity index (χ4n) is 1.31. The fraction of sp³-hybridized carbons (Fsp3) is 0.455. The number of halogens is 1. The van der Waals surface area contributed by atoms with Crippen LogP contribution in [0.15, 0.2) is 6.20 Å². The quantitative estimate of drug-likeness (QED) is 0.693. The van der Waals surface area contributed by atoms with Crippen molar-refractivity contribution in [3.8, 4) is 6.01 Å². The summed E-state index contributed by atoms with van der Waals surface area (Å²) < 4.78 is 14.0. The molecular formula is C11H14ClN3O5.